The number of benzene rings is 1. The standard InChI is InChI=1S/C14H13F3N6/c1-7-3-4-10-8(5-20-23-10)11(7)21-13-19-6-9(14(15,16)17)12(18-2)22-13/h3-6H,1-2H3,(H,20,23)(H2,18,19,21,22). The molecule has 0 aliphatic heterocycles. The molecule has 0 radical (unpaired) electrons. The Morgan fingerprint density at radius 2 is 1.96 bits per heavy atom. The highest BCUT2D eigenvalue weighted by Crippen LogP contribution is 2.34. The molecule has 23 heavy (non-hydrogen) atoms. The fourth-order valence-corrected chi connectivity index (χ4v) is 2.24. The molecule has 2 aromatic heterocycles. The molecule has 3 N–H and O–H groups in total. The Balaban J connectivity index is 2.03. The van der Waals surface area contributed by atoms with Crippen molar-refractivity contribution in [1.82, 2.24) is 20.2 Å². The number of fused-ring (bicyclic) bond motifs is 1. The number of halogens is 3. The topological polar surface area (TPSA) is 78.5 Å². The summed E-state index contributed by atoms with van der Waals surface area (Å²) < 4.78 is 38.6. The van der Waals surface area contributed by atoms with Crippen LogP contribution in [0, 0.1) is 6.92 Å². The quantitative estimate of drug-likeness (QED) is 0.688. The van der Waals surface area contributed by atoms with Crippen molar-refractivity contribution in [3.05, 3.63) is 35.7 Å². The van der Waals surface area contributed by atoms with E-state index >= 15 is 0 Å². The molecule has 0 saturated carbocycles. The molecule has 0 bridgehead atoms. The fraction of sp³-hybridized carbons (Fsp3) is 0.214. The van der Waals surface area contributed by atoms with Crippen LogP contribution in [0.15, 0.2) is 24.5 Å². The molecule has 0 fully saturated rings. The number of alkyl halides is 3. The molecule has 6 nitrogen and oxygen atoms in total. The Kier molecular flexibility index (Phi) is 3.55. The van der Waals surface area contributed by atoms with E-state index in [0.717, 1.165) is 22.7 Å². The molecule has 3 rings (SSSR count). The van der Waals surface area contributed by atoms with Gasteiger partial charge in [-0.15, -0.1) is 0 Å². The van der Waals surface area contributed by atoms with E-state index in [9.17, 15) is 13.2 Å². The second-order valence-electron chi connectivity index (χ2n) is 4.92. The van der Waals surface area contributed by atoms with Crippen LogP contribution in [0.5, 0.6) is 0 Å². The van der Waals surface area contributed by atoms with Gasteiger partial charge in [-0.2, -0.15) is 23.3 Å². The maximum atomic E-state index is 12.9. The van der Waals surface area contributed by atoms with Crippen molar-refractivity contribution >= 4 is 28.4 Å². The second-order valence-corrected chi connectivity index (χ2v) is 4.92. The molecule has 1 aromatic carbocycles. The summed E-state index contributed by atoms with van der Waals surface area (Å²) in [5, 5.41) is 13.0. The molecule has 2 heterocycles. The van der Waals surface area contributed by atoms with Crippen LogP contribution < -0.4 is 10.6 Å². The highest BCUT2D eigenvalue weighted by molar-refractivity contribution is 5.94. The fourth-order valence-electron chi connectivity index (χ4n) is 2.24. The van der Waals surface area contributed by atoms with Gasteiger partial charge in [0.1, 0.15) is 11.4 Å². The summed E-state index contributed by atoms with van der Waals surface area (Å²) in [6.45, 7) is 1.87. The van der Waals surface area contributed by atoms with E-state index in [1.165, 1.54) is 7.05 Å². The number of nitrogens with zero attached hydrogens (tertiary/aromatic N) is 3. The van der Waals surface area contributed by atoms with E-state index in [2.05, 4.69) is 30.8 Å². The third-order valence-corrected chi connectivity index (χ3v) is 3.40. The Hall–Kier alpha value is -2.84. The van der Waals surface area contributed by atoms with E-state index in [1.54, 1.807) is 6.20 Å². The van der Waals surface area contributed by atoms with Crippen molar-refractivity contribution in [1.29, 1.82) is 0 Å². The summed E-state index contributed by atoms with van der Waals surface area (Å²) in [5.74, 6) is -0.217. The predicted octanol–water partition coefficient (Wildman–Crippen LogP) is 3.47. The van der Waals surface area contributed by atoms with Crippen LogP contribution in [0.2, 0.25) is 0 Å². The molecule has 0 aliphatic rings. The van der Waals surface area contributed by atoms with Crippen LogP contribution >= 0.6 is 0 Å². The predicted molar refractivity (Wildman–Crippen MR) is 80.7 cm³/mol. The molecule has 0 saturated heterocycles. The first kappa shape index (κ1) is 15.1. The number of aromatic nitrogens is 4. The number of H-pyrrole nitrogens is 1. The Morgan fingerprint density at radius 1 is 1.17 bits per heavy atom. The van der Waals surface area contributed by atoms with Gasteiger partial charge >= 0.3 is 6.18 Å². The van der Waals surface area contributed by atoms with Crippen molar-refractivity contribution in [2.24, 2.45) is 0 Å². The van der Waals surface area contributed by atoms with Crippen molar-refractivity contribution in [3.8, 4) is 0 Å². The second kappa shape index (κ2) is 5.41. The molecule has 0 aliphatic carbocycles. The number of anilines is 3. The van der Waals surface area contributed by atoms with E-state index < -0.39 is 11.7 Å². The summed E-state index contributed by atoms with van der Waals surface area (Å²) in [6, 6.07) is 3.74. The molecule has 0 amide bonds. The molecule has 0 unspecified atom stereocenters. The minimum absolute atomic E-state index is 0.0687. The van der Waals surface area contributed by atoms with Gasteiger partial charge in [-0.3, -0.25) is 5.10 Å². The van der Waals surface area contributed by atoms with E-state index in [-0.39, 0.29) is 11.8 Å². The average molecular weight is 322 g/mol. The van der Waals surface area contributed by atoms with Gasteiger partial charge < -0.3 is 10.6 Å². The Labute approximate surface area is 129 Å². The van der Waals surface area contributed by atoms with Crippen molar-refractivity contribution in [2.75, 3.05) is 17.7 Å². The first-order valence-corrected chi connectivity index (χ1v) is 6.72. The van der Waals surface area contributed by atoms with Crippen LogP contribution in [0.25, 0.3) is 10.9 Å². The van der Waals surface area contributed by atoms with Gasteiger partial charge in [0.15, 0.2) is 0 Å². The number of hydrogen-bond acceptors (Lipinski definition) is 5. The van der Waals surface area contributed by atoms with E-state index in [0.29, 0.717) is 5.69 Å². The van der Waals surface area contributed by atoms with Gasteiger partial charge in [-0.05, 0) is 18.6 Å². The molecule has 120 valence electrons. The van der Waals surface area contributed by atoms with Gasteiger partial charge in [0.2, 0.25) is 5.95 Å². The Morgan fingerprint density at radius 3 is 2.65 bits per heavy atom. The zero-order valence-electron chi connectivity index (χ0n) is 12.3. The largest absolute Gasteiger partial charge is 0.421 e. The zero-order chi connectivity index (χ0) is 16.6. The summed E-state index contributed by atoms with van der Waals surface area (Å²) in [7, 11) is 1.38. The number of aryl methyl sites for hydroxylation is 1. The van der Waals surface area contributed by atoms with Gasteiger partial charge in [0, 0.05) is 18.6 Å². The number of hydrogen-bond donors (Lipinski definition) is 3. The average Bonchev–Trinajstić information content (AvgIpc) is 2.97. The minimum atomic E-state index is -4.52. The van der Waals surface area contributed by atoms with Crippen LogP contribution in [0.3, 0.4) is 0 Å². The Bertz CT molecular complexity index is 855. The minimum Gasteiger partial charge on any atom is -0.372 e. The summed E-state index contributed by atoms with van der Waals surface area (Å²) >= 11 is 0. The highest BCUT2D eigenvalue weighted by atomic mass is 19.4. The maximum absolute atomic E-state index is 12.9. The maximum Gasteiger partial charge on any atom is 0.421 e. The van der Waals surface area contributed by atoms with E-state index in [4.69, 9.17) is 0 Å². The third kappa shape index (κ3) is 2.77. The van der Waals surface area contributed by atoms with Crippen molar-refractivity contribution < 1.29 is 13.2 Å². The highest BCUT2D eigenvalue weighted by Gasteiger charge is 2.35. The van der Waals surface area contributed by atoms with Crippen molar-refractivity contribution in [3.63, 3.8) is 0 Å². The number of rotatable bonds is 3. The molecule has 0 spiro atoms. The third-order valence-electron chi connectivity index (χ3n) is 3.40. The van der Waals surface area contributed by atoms with Gasteiger partial charge in [0.25, 0.3) is 0 Å². The first-order chi connectivity index (χ1) is 10.9. The normalized spacial score (nSPS) is 11.7. The van der Waals surface area contributed by atoms with Crippen molar-refractivity contribution in [2.45, 2.75) is 13.1 Å². The van der Waals surface area contributed by atoms with Gasteiger partial charge in [-0.1, -0.05) is 6.07 Å². The van der Waals surface area contributed by atoms with E-state index in [1.807, 2.05) is 19.1 Å². The van der Waals surface area contributed by atoms with Gasteiger partial charge in [-0.25, -0.2) is 4.98 Å². The number of aromatic amines is 1. The van der Waals surface area contributed by atoms with Crippen LogP contribution in [0.4, 0.5) is 30.6 Å². The first-order valence-electron chi connectivity index (χ1n) is 6.72. The lowest BCUT2D eigenvalue weighted by atomic mass is 10.1. The summed E-state index contributed by atoms with van der Waals surface area (Å²) in [6.07, 6.45) is -2.13. The SMILES string of the molecule is CNc1nc(Nc2c(C)ccc3[nH]ncc23)ncc1C(F)(F)F. The van der Waals surface area contributed by atoms with Crippen LogP contribution in [0.1, 0.15) is 11.1 Å². The summed E-state index contributed by atoms with van der Waals surface area (Å²) in [5.41, 5.74) is 1.48. The molecular formula is C14H13F3N6. The lowest BCUT2D eigenvalue weighted by Gasteiger charge is -2.14. The zero-order valence-corrected chi connectivity index (χ0v) is 12.3. The van der Waals surface area contributed by atoms with Crippen LogP contribution in [-0.2, 0) is 6.18 Å². The summed E-state index contributed by atoms with van der Waals surface area (Å²) in [4.78, 5) is 7.67. The van der Waals surface area contributed by atoms with Gasteiger partial charge in [0.05, 0.1) is 17.4 Å². The lowest BCUT2D eigenvalue weighted by Crippen LogP contribution is -2.12. The smallest absolute Gasteiger partial charge is 0.372 e. The molecule has 9 heteroatoms. The monoisotopic (exact) mass is 322 g/mol. The molecular weight excluding hydrogens is 309 g/mol. The number of nitrogens with one attached hydrogen (secondary N) is 3. The molecule has 0 atom stereocenters. The lowest BCUT2D eigenvalue weighted by molar-refractivity contribution is -0.137. The molecule has 3 aromatic rings. The van der Waals surface area contributed by atoms with Crippen LogP contribution in [-0.4, -0.2) is 27.2 Å².